The van der Waals surface area contributed by atoms with Gasteiger partial charge in [0.15, 0.2) is 16.9 Å². The van der Waals surface area contributed by atoms with Gasteiger partial charge >= 0.3 is 0 Å². The normalized spacial score (nSPS) is 15.1. The molecule has 0 bridgehead atoms. The molecule has 0 N–H and O–H groups in total. The molecule has 1 atom stereocenters. The number of carbonyl (C=O) groups is 1. The van der Waals surface area contributed by atoms with Gasteiger partial charge in [0.2, 0.25) is 5.76 Å². The van der Waals surface area contributed by atoms with Crippen molar-refractivity contribution in [1.29, 1.82) is 0 Å². The fraction of sp³-hybridized carbons (Fsp3) is 0.429. The molecule has 0 spiro atoms. The van der Waals surface area contributed by atoms with E-state index in [1.807, 2.05) is 25.1 Å². The van der Waals surface area contributed by atoms with Crippen LogP contribution in [0.3, 0.4) is 0 Å². The van der Waals surface area contributed by atoms with E-state index in [-0.39, 0.29) is 17.1 Å². The van der Waals surface area contributed by atoms with Crippen molar-refractivity contribution >= 4 is 32.8 Å². The number of ether oxygens (including phenoxy) is 3. The Morgan fingerprint density at radius 2 is 1.86 bits per heavy atom. The van der Waals surface area contributed by atoms with Gasteiger partial charge < -0.3 is 23.5 Å². The second kappa shape index (κ2) is 11.5. The molecule has 0 saturated heterocycles. The molecule has 2 aromatic carbocycles. The standard InChI is InChI=1S/C28H32BrNO6/c1-5-34-23-15-18(7-9-22(23)35-14-11-17(2)3)25-24-26(31)20-16-19(29)8-10-21(20)36-27(24)28(32)30(25)12-6-13-33-4/h7-10,15-17,25H,5-6,11-14H2,1-4H3. The summed E-state index contributed by atoms with van der Waals surface area (Å²) in [6.45, 7) is 8.16. The Morgan fingerprint density at radius 3 is 2.58 bits per heavy atom. The van der Waals surface area contributed by atoms with Crippen molar-refractivity contribution in [3.8, 4) is 11.5 Å². The van der Waals surface area contributed by atoms with Gasteiger partial charge in [-0.3, -0.25) is 9.59 Å². The molecule has 4 rings (SSSR count). The van der Waals surface area contributed by atoms with Gasteiger partial charge in [-0.2, -0.15) is 0 Å². The number of carbonyl (C=O) groups excluding carboxylic acids is 1. The van der Waals surface area contributed by atoms with Crippen LogP contribution in [0, 0.1) is 5.92 Å². The summed E-state index contributed by atoms with van der Waals surface area (Å²) in [5.74, 6) is 1.54. The third kappa shape index (κ3) is 5.30. The highest BCUT2D eigenvalue weighted by atomic mass is 79.9. The summed E-state index contributed by atoms with van der Waals surface area (Å²) < 4.78 is 23.9. The Hall–Kier alpha value is -2.84. The van der Waals surface area contributed by atoms with Crippen LogP contribution in [0.5, 0.6) is 11.5 Å². The summed E-state index contributed by atoms with van der Waals surface area (Å²) in [5, 5.41) is 0.429. The molecule has 8 heteroatoms. The van der Waals surface area contributed by atoms with Gasteiger partial charge in [0.1, 0.15) is 5.58 Å². The maximum absolute atomic E-state index is 13.7. The summed E-state index contributed by atoms with van der Waals surface area (Å²) in [4.78, 5) is 28.9. The average Bonchev–Trinajstić information content (AvgIpc) is 3.12. The van der Waals surface area contributed by atoms with Crippen LogP contribution < -0.4 is 14.9 Å². The third-order valence-corrected chi connectivity index (χ3v) is 6.70. The van der Waals surface area contributed by atoms with Crippen LogP contribution in [-0.4, -0.2) is 44.3 Å². The van der Waals surface area contributed by atoms with Crippen LogP contribution in [0.2, 0.25) is 0 Å². The highest BCUT2D eigenvalue weighted by molar-refractivity contribution is 9.10. The average molecular weight is 558 g/mol. The zero-order chi connectivity index (χ0) is 25.8. The molecular formula is C28H32BrNO6. The van der Waals surface area contributed by atoms with Crippen molar-refractivity contribution in [1.82, 2.24) is 4.90 Å². The summed E-state index contributed by atoms with van der Waals surface area (Å²) in [5.41, 5.74) is 1.28. The summed E-state index contributed by atoms with van der Waals surface area (Å²) in [6.07, 6.45) is 1.55. The van der Waals surface area contributed by atoms with E-state index in [2.05, 4.69) is 29.8 Å². The maximum atomic E-state index is 13.7. The first-order chi connectivity index (χ1) is 17.3. The highest BCUT2D eigenvalue weighted by Gasteiger charge is 2.42. The lowest BCUT2D eigenvalue weighted by molar-refractivity contribution is 0.0707. The van der Waals surface area contributed by atoms with Gasteiger partial charge in [0, 0.05) is 24.7 Å². The Labute approximate surface area is 219 Å². The van der Waals surface area contributed by atoms with Crippen LogP contribution >= 0.6 is 15.9 Å². The van der Waals surface area contributed by atoms with E-state index < -0.39 is 6.04 Å². The summed E-state index contributed by atoms with van der Waals surface area (Å²) >= 11 is 3.44. The van der Waals surface area contributed by atoms with Crippen LogP contribution in [0.15, 0.2) is 50.1 Å². The van der Waals surface area contributed by atoms with Gasteiger partial charge in [0.25, 0.3) is 5.91 Å². The topological polar surface area (TPSA) is 78.2 Å². The van der Waals surface area contributed by atoms with E-state index in [1.54, 1.807) is 30.2 Å². The zero-order valence-electron chi connectivity index (χ0n) is 21.1. The molecule has 1 aliphatic rings. The predicted octanol–water partition coefficient (Wildman–Crippen LogP) is 5.96. The lowest BCUT2D eigenvalue weighted by Crippen LogP contribution is -2.31. The van der Waals surface area contributed by atoms with Crippen molar-refractivity contribution in [2.75, 3.05) is 33.5 Å². The number of hydrogen-bond acceptors (Lipinski definition) is 6. The molecule has 192 valence electrons. The van der Waals surface area contributed by atoms with Crippen LogP contribution in [0.4, 0.5) is 0 Å². The van der Waals surface area contributed by atoms with E-state index in [9.17, 15) is 9.59 Å². The van der Waals surface area contributed by atoms with E-state index in [4.69, 9.17) is 18.6 Å². The lowest BCUT2D eigenvalue weighted by Gasteiger charge is -2.26. The van der Waals surface area contributed by atoms with Crippen molar-refractivity contribution in [2.24, 2.45) is 5.92 Å². The first kappa shape index (κ1) is 26.2. The first-order valence-corrected chi connectivity index (χ1v) is 13.1. The van der Waals surface area contributed by atoms with Crippen molar-refractivity contribution < 1.29 is 23.4 Å². The second-order valence-corrected chi connectivity index (χ2v) is 10.1. The van der Waals surface area contributed by atoms with Crippen molar-refractivity contribution in [3.05, 3.63) is 68.0 Å². The lowest BCUT2D eigenvalue weighted by atomic mass is 9.98. The van der Waals surface area contributed by atoms with Crippen molar-refractivity contribution in [2.45, 2.75) is 39.7 Å². The predicted molar refractivity (Wildman–Crippen MR) is 142 cm³/mol. The molecule has 7 nitrogen and oxygen atoms in total. The van der Waals surface area contributed by atoms with Gasteiger partial charge in [-0.05, 0) is 61.6 Å². The Morgan fingerprint density at radius 1 is 1.06 bits per heavy atom. The SMILES string of the molecule is CCOc1cc(C2c3c(oc4ccc(Br)cc4c3=O)C(=O)N2CCCOC)ccc1OCCC(C)C. The molecule has 3 aromatic rings. The van der Waals surface area contributed by atoms with E-state index in [0.717, 1.165) is 16.5 Å². The molecule has 0 saturated carbocycles. The maximum Gasteiger partial charge on any atom is 0.290 e. The highest BCUT2D eigenvalue weighted by Crippen LogP contribution is 2.41. The Bertz CT molecular complexity index is 1300. The van der Waals surface area contributed by atoms with Gasteiger partial charge in [-0.25, -0.2) is 0 Å². The van der Waals surface area contributed by atoms with Crippen LogP contribution in [-0.2, 0) is 4.74 Å². The Balaban J connectivity index is 1.82. The number of halogens is 1. The van der Waals surface area contributed by atoms with E-state index >= 15 is 0 Å². The summed E-state index contributed by atoms with van der Waals surface area (Å²) in [6, 6.07) is 10.2. The minimum atomic E-state index is -0.604. The fourth-order valence-electron chi connectivity index (χ4n) is 4.44. The molecule has 1 aromatic heterocycles. The molecule has 0 radical (unpaired) electrons. The molecule has 1 amide bonds. The van der Waals surface area contributed by atoms with E-state index in [1.165, 1.54) is 0 Å². The van der Waals surface area contributed by atoms with Gasteiger partial charge in [-0.1, -0.05) is 35.8 Å². The molecule has 0 aliphatic carbocycles. The Kier molecular flexibility index (Phi) is 8.36. The largest absolute Gasteiger partial charge is 0.490 e. The molecular weight excluding hydrogens is 526 g/mol. The van der Waals surface area contributed by atoms with Crippen LogP contribution in [0.25, 0.3) is 11.0 Å². The molecule has 0 fully saturated rings. The number of nitrogens with zero attached hydrogens (tertiary/aromatic N) is 1. The minimum absolute atomic E-state index is 0.0902. The molecule has 1 aliphatic heterocycles. The molecule has 36 heavy (non-hydrogen) atoms. The van der Waals surface area contributed by atoms with Crippen LogP contribution in [0.1, 0.15) is 61.3 Å². The summed E-state index contributed by atoms with van der Waals surface area (Å²) in [7, 11) is 1.63. The second-order valence-electron chi connectivity index (χ2n) is 9.23. The number of hydrogen-bond donors (Lipinski definition) is 0. The smallest absolute Gasteiger partial charge is 0.290 e. The van der Waals surface area contributed by atoms with Crippen molar-refractivity contribution in [3.63, 3.8) is 0 Å². The third-order valence-electron chi connectivity index (χ3n) is 6.21. The fourth-order valence-corrected chi connectivity index (χ4v) is 4.80. The van der Waals surface area contributed by atoms with Gasteiger partial charge in [0.05, 0.1) is 30.2 Å². The number of rotatable bonds is 11. The molecule has 1 unspecified atom stereocenters. The number of methoxy groups -OCH3 is 1. The number of benzene rings is 2. The van der Waals surface area contributed by atoms with Gasteiger partial charge in [-0.15, -0.1) is 0 Å². The number of fused-ring (bicyclic) bond motifs is 2. The monoisotopic (exact) mass is 557 g/mol. The first-order valence-electron chi connectivity index (χ1n) is 12.3. The quantitative estimate of drug-likeness (QED) is 0.270. The zero-order valence-corrected chi connectivity index (χ0v) is 22.7. The molecule has 2 heterocycles. The van der Waals surface area contributed by atoms with E-state index in [0.29, 0.717) is 66.7 Å². The number of amides is 1. The minimum Gasteiger partial charge on any atom is -0.490 e.